The molecule has 0 spiro atoms. The molecule has 0 unspecified atom stereocenters. The van der Waals surface area contributed by atoms with E-state index in [2.05, 4.69) is 15.4 Å². The molecule has 0 amide bonds. The number of carbonyl (C=O) groups excluding carboxylic acids is 1. The molecule has 0 radical (unpaired) electrons. The van der Waals surface area contributed by atoms with Gasteiger partial charge in [0.05, 0.1) is 0 Å². The summed E-state index contributed by atoms with van der Waals surface area (Å²) in [6, 6.07) is 7.84. The zero-order valence-electron chi connectivity index (χ0n) is 12.0. The summed E-state index contributed by atoms with van der Waals surface area (Å²) in [6.45, 7) is 3.65. The molecule has 1 N–H and O–H groups in total. The van der Waals surface area contributed by atoms with Crippen LogP contribution < -0.4 is 5.32 Å². The molecule has 0 saturated heterocycles. The molecule has 0 saturated carbocycles. The van der Waals surface area contributed by atoms with Crippen LogP contribution in [-0.2, 0) is 9.63 Å². The molecule has 0 fully saturated rings. The average Bonchev–Trinajstić information content (AvgIpc) is 2.77. The van der Waals surface area contributed by atoms with E-state index < -0.39 is 5.97 Å². The molecule has 1 aliphatic heterocycles. The molecule has 0 atom stereocenters. The van der Waals surface area contributed by atoms with E-state index in [1.165, 1.54) is 0 Å². The molecule has 1 aliphatic rings. The van der Waals surface area contributed by atoms with Crippen LogP contribution in [0.15, 0.2) is 41.2 Å². The number of oxime groups is 1. The van der Waals surface area contributed by atoms with Crippen molar-refractivity contribution in [2.75, 3.05) is 27.2 Å². The second-order valence-electron chi connectivity index (χ2n) is 5.00. The van der Waals surface area contributed by atoms with E-state index in [9.17, 15) is 4.79 Å². The third-order valence-corrected chi connectivity index (χ3v) is 2.97. The first-order chi connectivity index (χ1) is 9.58. The van der Waals surface area contributed by atoms with Gasteiger partial charge in [0.15, 0.2) is 0 Å². The summed E-state index contributed by atoms with van der Waals surface area (Å²) >= 11 is 0. The lowest BCUT2D eigenvalue weighted by atomic mass is 10.0. The van der Waals surface area contributed by atoms with E-state index in [0.717, 1.165) is 24.2 Å². The van der Waals surface area contributed by atoms with Crippen LogP contribution in [0.1, 0.15) is 11.1 Å². The van der Waals surface area contributed by atoms with Crippen molar-refractivity contribution < 1.29 is 9.63 Å². The largest absolute Gasteiger partial charge is 0.389 e. The van der Waals surface area contributed by atoms with Crippen molar-refractivity contribution in [1.82, 2.24) is 10.2 Å². The Bertz CT molecular complexity index is 545. The smallest absolute Gasteiger partial charge is 0.369 e. The lowest BCUT2D eigenvalue weighted by Gasteiger charge is -2.09. The zero-order chi connectivity index (χ0) is 14.5. The number of aryl methyl sites for hydroxylation is 1. The SMILES string of the molecule is Cc1ccc(C2=NOC(=O)/C2=C\NCCN(C)C)cc1. The highest BCUT2D eigenvalue weighted by molar-refractivity contribution is 6.28. The lowest BCUT2D eigenvalue weighted by Crippen LogP contribution is -2.24. The minimum atomic E-state index is -0.419. The summed E-state index contributed by atoms with van der Waals surface area (Å²) in [6.07, 6.45) is 1.68. The Morgan fingerprint density at radius 1 is 1.30 bits per heavy atom. The van der Waals surface area contributed by atoms with Gasteiger partial charge in [0, 0.05) is 24.9 Å². The number of nitrogens with one attached hydrogen (secondary N) is 1. The third kappa shape index (κ3) is 3.45. The number of rotatable bonds is 5. The topological polar surface area (TPSA) is 53.9 Å². The van der Waals surface area contributed by atoms with E-state index in [1.807, 2.05) is 45.3 Å². The van der Waals surface area contributed by atoms with Crippen molar-refractivity contribution in [3.05, 3.63) is 47.2 Å². The van der Waals surface area contributed by atoms with Crippen molar-refractivity contribution in [2.45, 2.75) is 6.92 Å². The van der Waals surface area contributed by atoms with E-state index >= 15 is 0 Å². The molecule has 0 bridgehead atoms. The Morgan fingerprint density at radius 3 is 2.65 bits per heavy atom. The van der Waals surface area contributed by atoms with E-state index in [0.29, 0.717) is 11.3 Å². The molecule has 2 rings (SSSR count). The van der Waals surface area contributed by atoms with Gasteiger partial charge in [0.1, 0.15) is 11.3 Å². The van der Waals surface area contributed by atoms with Crippen LogP contribution in [0.2, 0.25) is 0 Å². The molecule has 0 aliphatic carbocycles. The summed E-state index contributed by atoms with van der Waals surface area (Å²) in [5, 5.41) is 6.98. The van der Waals surface area contributed by atoms with Crippen LogP contribution in [0.4, 0.5) is 0 Å². The van der Waals surface area contributed by atoms with Gasteiger partial charge in [-0.2, -0.15) is 0 Å². The van der Waals surface area contributed by atoms with Gasteiger partial charge in [-0.15, -0.1) is 0 Å². The number of carbonyl (C=O) groups is 1. The summed E-state index contributed by atoms with van der Waals surface area (Å²) in [5.74, 6) is -0.419. The number of hydrogen-bond donors (Lipinski definition) is 1. The van der Waals surface area contributed by atoms with Gasteiger partial charge in [-0.05, 0) is 21.0 Å². The van der Waals surface area contributed by atoms with E-state index in [1.54, 1.807) is 6.20 Å². The summed E-state index contributed by atoms with van der Waals surface area (Å²) in [4.78, 5) is 18.5. The van der Waals surface area contributed by atoms with Crippen LogP contribution in [0.5, 0.6) is 0 Å². The highest BCUT2D eigenvalue weighted by Crippen LogP contribution is 2.17. The number of benzene rings is 1. The van der Waals surface area contributed by atoms with Crippen LogP contribution >= 0.6 is 0 Å². The van der Waals surface area contributed by atoms with Gasteiger partial charge in [-0.25, -0.2) is 4.79 Å². The van der Waals surface area contributed by atoms with Crippen molar-refractivity contribution in [3.63, 3.8) is 0 Å². The fourth-order valence-electron chi connectivity index (χ4n) is 1.79. The van der Waals surface area contributed by atoms with Gasteiger partial charge in [0.25, 0.3) is 0 Å². The minimum Gasteiger partial charge on any atom is -0.389 e. The summed E-state index contributed by atoms with van der Waals surface area (Å²) in [7, 11) is 4.00. The van der Waals surface area contributed by atoms with Crippen molar-refractivity contribution in [2.24, 2.45) is 5.16 Å². The Labute approximate surface area is 118 Å². The number of likely N-dealkylation sites (N-methyl/N-ethyl adjacent to an activating group) is 1. The van der Waals surface area contributed by atoms with Crippen LogP contribution in [0.25, 0.3) is 0 Å². The fourth-order valence-corrected chi connectivity index (χ4v) is 1.79. The van der Waals surface area contributed by atoms with E-state index in [4.69, 9.17) is 4.84 Å². The van der Waals surface area contributed by atoms with Gasteiger partial charge >= 0.3 is 5.97 Å². The first-order valence-electron chi connectivity index (χ1n) is 6.53. The number of nitrogens with zero attached hydrogens (tertiary/aromatic N) is 2. The lowest BCUT2D eigenvalue weighted by molar-refractivity contribution is -0.136. The second-order valence-corrected chi connectivity index (χ2v) is 5.00. The Kier molecular flexibility index (Phi) is 4.53. The van der Waals surface area contributed by atoms with Crippen molar-refractivity contribution >= 4 is 11.7 Å². The molecular formula is C15H19N3O2. The van der Waals surface area contributed by atoms with Gasteiger partial charge in [-0.1, -0.05) is 35.0 Å². The van der Waals surface area contributed by atoms with Gasteiger partial charge in [0.2, 0.25) is 0 Å². The molecule has 1 aromatic carbocycles. The van der Waals surface area contributed by atoms with Gasteiger partial charge < -0.3 is 15.1 Å². The Balaban J connectivity index is 2.10. The standard InChI is InChI=1S/C15H19N3O2/c1-11-4-6-12(7-5-11)14-13(15(19)20-17-14)10-16-8-9-18(2)3/h4-7,10,16H,8-9H2,1-3H3/b13-10-. The fraction of sp³-hybridized carbons (Fsp3) is 0.333. The van der Waals surface area contributed by atoms with Gasteiger partial charge in [-0.3, -0.25) is 0 Å². The predicted molar refractivity (Wildman–Crippen MR) is 78.4 cm³/mol. The Morgan fingerprint density at radius 2 is 2.00 bits per heavy atom. The number of hydrogen-bond acceptors (Lipinski definition) is 5. The maximum Gasteiger partial charge on any atom is 0.369 e. The molecule has 1 aromatic rings. The second kappa shape index (κ2) is 6.34. The normalized spacial score (nSPS) is 16.5. The zero-order valence-corrected chi connectivity index (χ0v) is 12.0. The molecule has 0 aromatic heterocycles. The highest BCUT2D eigenvalue weighted by Gasteiger charge is 2.26. The molecule has 106 valence electrons. The first kappa shape index (κ1) is 14.3. The minimum absolute atomic E-state index is 0.419. The molecule has 1 heterocycles. The predicted octanol–water partition coefficient (Wildman–Crippen LogP) is 1.29. The molecule has 20 heavy (non-hydrogen) atoms. The first-order valence-corrected chi connectivity index (χ1v) is 6.53. The average molecular weight is 273 g/mol. The maximum atomic E-state index is 11.7. The molecule has 5 nitrogen and oxygen atoms in total. The van der Waals surface area contributed by atoms with Crippen LogP contribution in [0.3, 0.4) is 0 Å². The van der Waals surface area contributed by atoms with Crippen molar-refractivity contribution in [3.8, 4) is 0 Å². The maximum absolute atomic E-state index is 11.7. The summed E-state index contributed by atoms with van der Waals surface area (Å²) in [5.41, 5.74) is 3.08. The third-order valence-electron chi connectivity index (χ3n) is 2.97. The molecule has 5 heteroatoms. The van der Waals surface area contributed by atoms with Crippen LogP contribution in [0, 0.1) is 6.92 Å². The molecular weight excluding hydrogens is 254 g/mol. The Hall–Kier alpha value is -2.14. The van der Waals surface area contributed by atoms with Crippen molar-refractivity contribution in [1.29, 1.82) is 0 Å². The van der Waals surface area contributed by atoms with E-state index in [-0.39, 0.29) is 0 Å². The van der Waals surface area contributed by atoms with Crippen LogP contribution in [-0.4, -0.2) is 43.8 Å². The highest BCUT2D eigenvalue weighted by atomic mass is 16.7. The summed E-state index contributed by atoms with van der Waals surface area (Å²) < 4.78 is 0. The quantitative estimate of drug-likeness (QED) is 0.499. The monoisotopic (exact) mass is 273 g/mol.